The minimum Gasteiger partial charge on any atom is -0.378 e. The first-order valence-electron chi connectivity index (χ1n) is 10.2. The summed E-state index contributed by atoms with van der Waals surface area (Å²) in [5.74, 6) is -0.674. The molecule has 4 rings (SSSR count). The van der Waals surface area contributed by atoms with Gasteiger partial charge in [-0.15, -0.1) is 0 Å². The highest BCUT2D eigenvalue weighted by Gasteiger charge is 2.40. The standard InChI is InChI=1S/C26H25N3O2/c1-17-9-8-12-22(18(17)2)29-25(30)23(19-10-6-5-7-11-19)24(26(29)31)27-20-13-15-21(16-14-20)28(3)4/h5-16,27H,1-4H3. The monoisotopic (exact) mass is 411 g/mol. The van der Waals surface area contributed by atoms with E-state index in [0.29, 0.717) is 16.8 Å². The molecule has 1 aliphatic heterocycles. The Kier molecular flexibility index (Phi) is 5.34. The molecule has 5 nitrogen and oxygen atoms in total. The maximum Gasteiger partial charge on any atom is 0.282 e. The van der Waals surface area contributed by atoms with Crippen LogP contribution in [-0.4, -0.2) is 25.9 Å². The van der Waals surface area contributed by atoms with E-state index in [1.807, 2.05) is 106 Å². The first kappa shape index (κ1) is 20.4. The molecule has 0 unspecified atom stereocenters. The molecule has 0 spiro atoms. The van der Waals surface area contributed by atoms with Crippen molar-refractivity contribution in [2.24, 2.45) is 0 Å². The average molecular weight is 412 g/mol. The Hall–Kier alpha value is -3.86. The number of amides is 2. The molecule has 1 N–H and O–H groups in total. The zero-order valence-electron chi connectivity index (χ0n) is 18.1. The molecule has 31 heavy (non-hydrogen) atoms. The minimum atomic E-state index is -0.353. The van der Waals surface area contributed by atoms with E-state index in [-0.39, 0.29) is 17.5 Å². The quantitative estimate of drug-likeness (QED) is 0.615. The molecule has 1 heterocycles. The molecule has 0 atom stereocenters. The smallest absolute Gasteiger partial charge is 0.282 e. The molecule has 2 amide bonds. The highest BCUT2D eigenvalue weighted by molar-refractivity contribution is 6.46. The van der Waals surface area contributed by atoms with E-state index in [2.05, 4.69) is 5.32 Å². The molecule has 0 bridgehead atoms. The number of hydrogen-bond acceptors (Lipinski definition) is 4. The molecule has 0 radical (unpaired) electrons. The van der Waals surface area contributed by atoms with Crippen LogP contribution in [0.3, 0.4) is 0 Å². The summed E-state index contributed by atoms with van der Waals surface area (Å²) >= 11 is 0. The van der Waals surface area contributed by atoms with Gasteiger partial charge in [-0.25, -0.2) is 4.90 Å². The van der Waals surface area contributed by atoms with Crippen molar-refractivity contribution in [1.82, 2.24) is 0 Å². The van der Waals surface area contributed by atoms with Crippen LogP contribution in [0.25, 0.3) is 5.57 Å². The van der Waals surface area contributed by atoms with Crippen LogP contribution >= 0.6 is 0 Å². The van der Waals surface area contributed by atoms with Crippen molar-refractivity contribution in [3.05, 3.63) is 95.2 Å². The predicted molar refractivity (Wildman–Crippen MR) is 126 cm³/mol. The summed E-state index contributed by atoms with van der Waals surface area (Å²) in [7, 11) is 3.94. The van der Waals surface area contributed by atoms with Gasteiger partial charge in [0.25, 0.3) is 11.8 Å². The first-order chi connectivity index (χ1) is 14.9. The Morgan fingerprint density at radius 2 is 1.45 bits per heavy atom. The molecule has 0 saturated carbocycles. The van der Waals surface area contributed by atoms with E-state index < -0.39 is 0 Å². The molecule has 3 aromatic rings. The lowest BCUT2D eigenvalue weighted by atomic mass is 10.0. The summed E-state index contributed by atoms with van der Waals surface area (Å²) in [6.45, 7) is 3.90. The number of aryl methyl sites for hydroxylation is 1. The van der Waals surface area contributed by atoms with Gasteiger partial charge in [-0.2, -0.15) is 0 Å². The number of benzene rings is 3. The van der Waals surface area contributed by atoms with Gasteiger partial charge in [0.15, 0.2) is 0 Å². The lowest BCUT2D eigenvalue weighted by Crippen LogP contribution is -2.33. The molecule has 0 aromatic heterocycles. The number of rotatable bonds is 5. The van der Waals surface area contributed by atoms with Gasteiger partial charge in [-0.3, -0.25) is 9.59 Å². The zero-order valence-corrected chi connectivity index (χ0v) is 18.1. The van der Waals surface area contributed by atoms with Gasteiger partial charge in [0.2, 0.25) is 0 Å². The minimum absolute atomic E-state index is 0.287. The van der Waals surface area contributed by atoms with Crippen LogP contribution in [0.1, 0.15) is 16.7 Å². The van der Waals surface area contributed by atoms with Crippen LogP contribution in [0, 0.1) is 13.8 Å². The maximum atomic E-state index is 13.5. The molecular weight excluding hydrogens is 386 g/mol. The van der Waals surface area contributed by atoms with E-state index in [0.717, 1.165) is 22.5 Å². The van der Waals surface area contributed by atoms with Gasteiger partial charge in [-0.1, -0.05) is 42.5 Å². The molecule has 156 valence electrons. The Balaban J connectivity index is 1.80. The average Bonchev–Trinajstić information content (AvgIpc) is 3.00. The number of carbonyl (C=O) groups is 2. The molecular formula is C26H25N3O2. The van der Waals surface area contributed by atoms with Crippen molar-refractivity contribution in [2.75, 3.05) is 29.2 Å². The van der Waals surface area contributed by atoms with E-state index in [4.69, 9.17) is 0 Å². The molecule has 1 aliphatic rings. The molecule has 0 aliphatic carbocycles. The van der Waals surface area contributed by atoms with Gasteiger partial charge < -0.3 is 10.2 Å². The molecule has 0 saturated heterocycles. The van der Waals surface area contributed by atoms with Gasteiger partial charge in [0.05, 0.1) is 11.3 Å². The van der Waals surface area contributed by atoms with Crippen LogP contribution in [0.15, 0.2) is 78.5 Å². The highest BCUT2D eigenvalue weighted by Crippen LogP contribution is 2.35. The predicted octanol–water partition coefficient (Wildman–Crippen LogP) is 4.77. The van der Waals surface area contributed by atoms with E-state index in [9.17, 15) is 9.59 Å². The van der Waals surface area contributed by atoms with Crippen LogP contribution in [-0.2, 0) is 9.59 Å². The number of anilines is 3. The summed E-state index contributed by atoms with van der Waals surface area (Å²) in [6, 6.07) is 22.7. The summed E-state index contributed by atoms with van der Waals surface area (Å²) in [4.78, 5) is 30.3. The fraction of sp³-hybridized carbons (Fsp3) is 0.154. The highest BCUT2D eigenvalue weighted by atomic mass is 16.2. The zero-order chi connectivity index (χ0) is 22.1. The second-order valence-corrected chi connectivity index (χ2v) is 7.85. The lowest BCUT2D eigenvalue weighted by molar-refractivity contribution is -0.120. The van der Waals surface area contributed by atoms with Crippen molar-refractivity contribution in [3.63, 3.8) is 0 Å². The summed E-state index contributed by atoms with van der Waals surface area (Å²) in [6.07, 6.45) is 0. The van der Waals surface area contributed by atoms with E-state index in [1.165, 1.54) is 4.90 Å². The van der Waals surface area contributed by atoms with Crippen molar-refractivity contribution in [3.8, 4) is 0 Å². The number of hydrogen-bond donors (Lipinski definition) is 1. The van der Waals surface area contributed by atoms with Crippen LogP contribution in [0.4, 0.5) is 17.1 Å². The number of imide groups is 1. The Labute approximate surface area is 182 Å². The van der Waals surface area contributed by atoms with Crippen molar-refractivity contribution >= 4 is 34.4 Å². The fourth-order valence-electron chi connectivity index (χ4n) is 3.70. The number of nitrogens with zero attached hydrogens (tertiary/aromatic N) is 2. The number of carbonyl (C=O) groups excluding carboxylic acids is 2. The second kappa shape index (κ2) is 8.11. The van der Waals surface area contributed by atoms with Gasteiger partial charge in [0.1, 0.15) is 5.70 Å². The van der Waals surface area contributed by atoms with Crippen molar-refractivity contribution < 1.29 is 9.59 Å². The fourth-order valence-corrected chi connectivity index (χ4v) is 3.70. The van der Waals surface area contributed by atoms with Crippen molar-refractivity contribution in [1.29, 1.82) is 0 Å². The second-order valence-electron chi connectivity index (χ2n) is 7.85. The van der Waals surface area contributed by atoms with Gasteiger partial charge >= 0.3 is 0 Å². The van der Waals surface area contributed by atoms with Gasteiger partial charge in [0, 0.05) is 25.5 Å². The molecule has 3 aromatic carbocycles. The van der Waals surface area contributed by atoms with Crippen LogP contribution in [0.2, 0.25) is 0 Å². The summed E-state index contributed by atoms with van der Waals surface area (Å²) in [5, 5.41) is 3.22. The first-order valence-corrected chi connectivity index (χ1v) is 10.2. The lowest BCUT2D eigenvalue weighted by Gasteiger charge is -2.19. The summed E-state index contributed by atoms with van der Waals surface area (Å²) < 4.78 is 0. The Morgan fingerprint density at radius 1 is 0.774 bits per heavy atom. The normalized spacial score (nSPS) is 13.7. The van der Waals surface area contributed by atoms with Crippen LogP contribution < -0.4 is 15.1 Å². The Bertz CT molecular complexity index is 1180. The third-order valence-corrected chi connectivity index (χ3v) is 5.62. The van der Waals surface area contributed by atoms with Crippen molar-refractivity contribution in [2.45, 2.75) is 13.8 Å². The van der Waals surface area contributed by atoms with E-state index >= 15 is 0 Å². The third-order valence-electron chi connectivity index (χ3n) is 5.62. The topological polar surface area (TPSA) is 52.7 Å². The third kappa shape index (κ3) is 3.70. The largest absolute Gasteiger partial charge is 0.378 e. The van der Waals surface area contributed by atoms with Gasteiger partial charge in [-0.05, 0) is 60.9 Å². The number of nitrogens with one attached hydrogen (secondary N) is 1. The Morgan fingerprint density at radius 3 is 2.10 bits per heavy atom. The van der Waals surface area contributed by atoms with E-state index in [1.54, 1.807) is 0 Å². The van der Waals surface area contributed by atoms with Crippen LogP contribution in [0.5, 0.6) is 0 Å². The molecule has 0 fully saturated rings. The summed E-state index contributed by atoms with van der Waals surface area (Å²) in [5.41, 5.74) is 5.72. The SMILES string of the molecule is Cc1cccc(N2C(=O)C(Nc3ccc(N(C)C)cc3)=C(c3ccccc3)C2=O)c1C. The molecule has 5 heteroatoms. The maximum absolute atomic E-state index is 13.5.